The van der Waals surface area contributed by atoms with Crippen molar-refractivity contribution in [2.45, 2.75) is 26.2 Å². The fourth-order valence-electron chi connectivity index (χ4n) is 2.58. The number of carbonyl (C=O) groups is 1. The van der Waals surface area contributed by atoms with E-state index in [1.807, 2.05) is 0 Å². The summed E-state index contributed by atoms with van der Waals surface area (Å²) in [6, 6.07) is 6.53. The molecule has 3 rings (SSSR count). The largest absolute Gasteiger partial charge is 0.353 e. The number of benzene rings is 1. The van der Waals surface area contributed by atoms with Crippen LogP contribution in [0, 0.1) is 0 Å². The minimum absolute atomic E-state index is 0.0905. The molecule has 4 heteroatoms. The number of amides is 1. The van der Waals surface area contributed by atoms with Gasteiger partial charge in [-0.1, -0.05) is 26.0 Å². The van der Waals surface area contributed by atoms with Crippen LogP contribution >= 0.6 is 0 Å². The first-order valence-electron chi connectivity index (χ1n) is 6.85. The van der Waals surface area contributed by atoms with Gasteiger partial charge in [-0.2, -0.15) is 0 Å². The normalized spacial score (nSPS) is 18.4. The molecule has 2 aliphatic heterocycles. The summed E-state index contributed by atoms with van der Waals surface area (Å²) in [6.45, 7) is 6.39. The maximum Gasteiger partial charge on any atom is 0.239 e. The Bertz CT molecular complexity index is 548. The molecule has 1 saturated heterocycles. The molecule has 0 spiro atoms. The van der Waals surface area contributed by atoms with Crippen molar-refractivity contribution in [1.82, 2.24) is 10.2 Å². The Morgan fingerprint density at radius 2 is 2.21 bits per heavy atom. The summed E-state index contributed by atoms with van der Waals surface area (Å²) < 4.78 is 0. The number of nitrogens with one attached hydrogen (secondary N) is 1. The number of rotatable bonds is 1. The molecular weight excluding hydrogens is 238 g/mol. The van der Waals surface area contributed by atoms with Gasteiger partial charge >= 0.3 is 0 Å². The average Bonchev–Trinajstić information content (AvgIpc) is 2.81. The predicted molar refractivity (Wildman–Crippen MR) is 75.9 cm³/mol. The van der Waals surface area contributed by atoms with Gasteiger partial charge in [0.2, 0.25) is 5.91 Å². The molecule has 19 heavy (non-hydrogen) atoms. The van der Waals surface area contributed by atoms with Crippen molar-refractivity contribution in [3.63, 3.8) is 0 Å². The van der Waals surface area contributed by atoms with E-state index < -0.39 is 0 Å². The van der Waals surface area contributed by atoms with Gasteiger partial charge in [0.15, 0.2) is 0 Å². The molecule has 4 nitrogen and oxygen atoms in total. The van der Waals surface area contributed by atoms with Crippen LogP contribution in [0.3, 0.4) is 0 Å². The number of piperazine rings is 1. The van der Waals surface area contributed by atoms with E-state index in [4.69, 9.17) is 4.99 Å². The lowest BCUT2D eigenvalue weighted by Crippen LogP contribution is -2.50. The van der Waals surface area contributed by atoms with Gasteiger partial charge in [-0.25, -0.2) is 4.99 Å². The summed E-state index contributed by atoms with van der Waals surface area (Å²) in [7, 11) is 0. The van der Waals surface area contributed by atoms with E-state index in [0.29, 0.717) is 19.0 Å². The third kappa shape index (κ3) is 2.35. The van der Waals surface area contributed by atoms with Gasteiger partial charge in [0.25, 0.3) is 0 Å². The first kappa shape index (κ1) is 12.2. The number of aliphatic imine (C=N–C) groups is 1. The molecular formula is C15H19N3O. The summed E-state index contributed by atoms with van der Waals surface area (Å²) in [5, 5.41) is 2.85. The second-order valence-electron chi connectivity index (χ2n) is 5.52. The Kier molecular flexibility index (Phi) is 3.01. The highest BCUT2D eigenvalue weighted by molar-refractivity contribution is 5.95. The minimum Gasteiger partial charge on any atom is -0.353 e. The Labute approximate surface area is 113 Å². The van der Waals surface area contributed by atoms with Gasteiger partial charge in [0, 0.05) is 19.5 Å². The summed E-state index contributed by atoms with van der Waals surface area (Å²) in [6.07, 6.45) is 0.848. The molecule has 1 N–H and O–H groups in total. The lowest BCUT2D eigenvalue weighted by atomic mass is 10.00. The van der Waals surface area contributed by atoms with E-state index in [0.717, 1.165) is 24.5 Å². The zero-order chi connectivity index (χ0) is 13.4. The lowest BCUT2D eigenvalue weighted by molar-refractivity contribution is -0.122. The molecule has 2 aliphatic rings. The summed E-state index contributed by atoms with van der Waals surface area (Å²) in [5.41, 5.74) is 3.66. The summed E-state index contributed by atoms with van der Waals surface area (Å²) in [5.74, 6) is 1.64. The number of hydrogen-bond donors (Lipinski definition) is 1. The van der Waals surface area contributed by atoms with Crippen LogP contribution in [-0.2, 0) is 11.2 Å². The van der Waals surface area contributed by atoms with Crippen molar-refractivity contribution in [2.24, 2.45) is 4.99 Å². The van der Waals surface area contributed by atoms with Crippen molar-refractivity contribution in [2.75, 3.05) is 19.6 Å². The number of nitrogens with zero attached hydrogens (tertiary/aromatic N) is 2. The number of carbonyl (C=O) groups excluding carboxylic acids is 1. The van der Waals surface area contributed by atoms with Crippen LogP contribution in [0.5, 0.6) is 0 Å². The number of hydrogen-bond acceptors (Lipinski definition) is 3. The van der Waals surface area contributed by atoms with Gasteiger partial charge in [0.05, 0.1) is 12.2 Å². The first-order chi connectivity index (χ1) is 9.13. The lowest BCUT2D eigenvalue weighted by Gasteiger charge is -2.28. The van der Waals surface area contributed by atoms with Crippen LogP contribution in [-0.4, -0.2) is 36.3 Å². The van der Waals surface area contributed by atoms with Gasteiger partial charge in [-0.05, 0) is 23.1 Å². The van der Waals surface area contributed by atoms with E-state index in [9.17, 15) is 4.79 Å². The smallest absolute Gasteiger partial charge is 0.239 e. The van der Waals surface area contributed by atoms with E-state index in [1.54, 1.807) is 0 Å². The molecule has 100 valence electrons. The molecule has 0 saturated carbocycles. The van der Waals surface area contributed by atoms with Crippen molar-refractivity contribution in [1.29, 1.82) is 0 Å². The Balaban J connectivity index is 1.83. The molecule has 2 heterocycles. The fourth-order valence-corrected chi connectivity index (χ4v) is 2.58. The van der Waals surface area contributed by atoms with Crippen molar-refractivity contribution in [3.05, 3.63) is 29.3 Å². The molecule has 1 amide bonds. The van der Waals surface area contributed by atoms with Crippen molar-refractivity contribution < 1.29 is 4.79 Å². The standard InChI is InChI=1S/C15H19N3O/c1-10(2)11-3-4-12-8-14(17-13(12)7-11)18-6-5-16-15(19)9-18/h3-4,7,10H,5-6,8-9H2,1-2H3,(H,16,19). The first-order valence-corrected chi connectivity index (χ1v) is 6.85. The van der Waals surface area contributed by atoms with E-state index in [2.05, 4.69) is 42.3 Å². The van der Waals surface area contributed by atoms with Crippen molar-refractivity contribution in [3.8, 4) is 0 Å². The number of fused-ring (bicyclic) bond motifs is 1. The van der Waals surface area contributed by atoms with Crippen molar-refractivity contribution >= 4 is 17.4 Å². The topological polar surface area (TPSA) is 44.7 Å². The highest BCUT2D eigenvalue weighted by Gasteiger charge is 2.24. The molecule has 1 fully saturated rings. The van der Waals surface area contributed by atoms with Crippen LogP contribution in [0.25, 0.3) is 0 Å². The van der Waals surface area contributed by atoms with Crippen LogP contribution in [0.1, 0.15) is 30.9 Å². The van der Waals surface area contributed by atoms with Crippen LogP contribution in [0.15, 0.2) is 23.2 Å². The van der Waals surface area contributed by atoms with Gasteiger partial charge in [-0.3, -0.25) is 4.79 Å². The van der Waals surface area contributed by atoms with Gasteiger partial charge in [0.1, 0.15) is 5.84 Å². The maximum atomic E-state index is 11.4. The molecule has 0 atom stereocenters. The maximum absolute atomic E-state index is 11.4. The third-order valence-corrected chi connectivity index (χ3v) is 3.78. The second kappa shape index (κ2) is 4.68. The highest BCUT2D eigenvalue weighted by atomic mass is 16.2. The summed E-state index contributed by atoms with van der Waals surface area (Å²) in [4.78, 5) is 18.2. The van der Waals surface area contributed by atoms with Gasteiger partial charge < -0.3 is 10.2 Å². The Morgan fingerprint density at radius 1 is 1.37 bits per heavy atom. The Hall–Kier alpha value is -1.84. The minimum atomic E-state index is 0.0905. The molecule has 1 aromatic carbocycles. The van der Waals surface area contributed by atoms with Crippen LogP contribution < -0.4 is 5.32 Å². The van der Waals surface area contributed by atoms with E-state index in [1.165, 1.54) is 11.1 Å². The highest BCUT2D eigenvalue weighted by Crippen LogP contribution is 2.31. The molecule has 1 aromatic rings. The monoisotopic (exact) mass is 257 g/mol. The molecule has 0 aromatic heterocycles. The molecule has 0 radical (unpaired) electrons. The number of amidine groups is 1. The Morgan fingerprint density at radius 3 is 2.95 bits per heavy atom. The van der Waals surface area contributed by atoms with E-state index >= 15 is 0 Å². The zero-order valence-corrected chi connectivity index (χ0v) is 11.4. The van der Waals surface area contributed by atoms with Crippen LogP contribution in [0.2, 0.25) is 0 Å². The van der Waals surface area contributed by atoms with Gasteiger partial charge in [-0.15, -0.1) is 0 Å². The average molecular weight is 257 g/mol. The molecule has 0 unspecified atom stereocenters. The molecule has 0 bridgehead atoms. The predicted octanol–water partition coefficient (Wildman–Crippen LogP) is 1.83. The zero-order valence-electron chi connectivity index (χ0n) is 11.4. The molecule has 0 aliphatic carbocycles. The van der Waals surface area contributed by atoms with E-state index in [-0.39, 0.29) is 5.91 Å². The van der Waals surface area contributed by atoms with Crippen LogP contribution in [0.4, 0.5) is 5.69 Å². The second-order valence-corrected chi connectivity index (χ2v) is 5.52. The third-order valence-electron chi connectivity index (χ3n) is 3.78. The SMILES string of the molecule is CC(C)c1ccc2c(c1)N=C(N1CCNC(=O)C1)C2. The quantitative estimate of drug-likeness (QED) is 0.834. The summed E-state index contributed by atoms with van der Waals surface area (Å²) >= 11 is 0. The fraction of sp³-hybridized carbons (Fsp3) is 0.467.